The summed E-state index contributed by atoms with van der Waals surface area (Å²) in [7, 11) is 0. The standard InChI is InChI=1S/C27H40N6O4/c1-19(2)37-22-11-9-21(10-12-22)31-27(36)24(13-8-20-6-4-3-5-7-20)32-26(35)23(30)18-25(34)33(16-14-28)17-15-29/h3-7,9-12,19,23-24H,8,13-18,28-30H2,1-2H3,(H,31,36)(H,32,35)/t23-,24-/m0/s1. The molecule has 2 atom stereocenters. The monoisotopic (exact) mass is 512 g/mol. The Bertz CT molecular complexity index is 978. The number of carbonyl (C=O) groups excluding carboxylic acids is 3. The summed E-state index contributed by atoms with van der Waals surface area (Å²) in [5, 5.41) is 5.57. The molecule has 0 aliphatic carbocycles. The zero-order valence-electron chi connectivity index (χ0n) is 21.7. The van der Waals surface area contributed by atoms with Crippen LogP contribution < -0.4 is 32.6 Å². The summed E-state index contributed by atoms with van der Waals surface area (Å²) in [4.78, 5) is 40.1. The molecule has 0 aliphatic rings. The van der Waals surface area contributed by atoms with Gasteiger partial charge in [-0.2, -0.15) is 0 Å². The summed E-state index contributed by atoms with van der Waals surface area (Å²) < 4.78 is 5.64. The topological polar surface area (TPSA) is 166 Å². The molecule has 0 spiro atoms. The summed E-state index contributed by atoms with van der Waals surface area (Å²) in [6, 6.07) is 14.7. The van der Waals surface area contributed by atoms with Crippen LogP contribution in [0.5, 0.6) is 5.75 Å². The van der Waals surface area contributed by atoms with Crippen LogP contribution in [0.15, 0.2) is 54.6 Å². The molecule has 0 aromatic heterocycles. The van der Waals surface area contributed by atoms with Crippen molar-refractivity contribution in [3.05, 3.63) is 60.2 Å². The molecule has 0 saturated carbocycles. The van der Waals surface area contributed by atoms with Gasteiger partial charge in [0.1, 0.15) is 11.8 Å². The Balaban J connectivity index is 2.07. The summed E-state index contributed by atoms with van der Waals surface area (Å²) in [6.07, 6.45) is 0.737. The van der Waals surface area contributed by atoms with Gasteiger partial charge in [-0.15, -0.1) is 0 Å². The number of nitrogens with two attached hydrogens (primary N) is 3. The average molecular weight is 513 g/mol. The number of rotatable bonds is 15. The lowest BCUT2D eigenvalue weighted by molar-refractivity contribution is -0.134. The minimum absolute atomic E-state index is 0.0341. The van der Waals surface area contributed by atoms with Gasteiger partial charge in [-0.05, 0) is 56.5 Å². The molecule has 8 N–H and O–H groups in total. The third kappa shape index (κ3) is 10.6. The number of amides is 3. The fourth-order valence-corrected chi connectivity index (χ4v) is 3.70. The van der Waals surface area contributed by atoms with Crippen LogP contribution in [-0.4, -0.2) is 67.0 Å². The van der Waals surface area contributed by atoms with Gasteiger partial charge < -0.3 is 37.5 Å². The predicted octanol–water partition coefficient (Wildman–Crippen LogP) is 0.993. The van der Waals surface area contributed by atoms with Crippen LogP contribution in [0.4, 0.5) is 5.69 Å². The number of ether oxygens (including phenoxy) is 1. The molecule has 2 rings (SSSR count). The van der Waals surface area contributed by atoms with Crippen molar-refractivity contribution in [2.24, 2.45) is 17.2 Å². The summed E-state index contributed by atoms with van der Waals surface area (Å²) >= 11 is 0. The van der Waals surface area contributed by atoms with Gasteiger partial charge in [-0.1, -0.05) is 30.3 Å². The third-order valence-corrected chi connectivity index (χ3v) is 5.57. The van der Waals surface area contributed by atoms with E-state index in [0.29, 0.717) is 37.4 Å². The molecule has 2 aromatic rings. The second-order valence-electron chi connectivity index (χ2n) is 9.03. The average Bonchev–Trinajstić information content (AvgIpc) is 2.87. The van der Waals surface area contributed by atoms with E-state index >= 15 is 0 Å². The molecule has 0 aliphatic heterocycles. The molecule has 0 unspecified atom stereocenters. The van der Waals surface area contributed by atoms with E-state index in [4.69, 9.17) is 21.9 Å². The number of hydrogen-bond donors (Lipinski definition) is 5. The van der Waals surface area contributed by atoms with Crippen LogP contribution in [0, 0.1) is 0 Å². The van der Waals surface area contributed by atoms with Gasteiger partial charge in [0.25, 0.3) is 0 Å². The van der Waals surface area contributed by atoms with Crippen molar-refractivity contribution in [1.29, 1.82) is 0 Å². The maximum Gasteiger partial charge on any atom is 0.246 e. The number of benzene rings is 2. The van der Waals surface area contributed by atoms with E-state index in [1.165, 1.54) is 4.90 Å². The van der Waals surface area contributed by atoms with E-state index in [2.05, 4.69) is 10.6 Å². The quantitative estimate of drug-likeness (QED) is 0.237. The lowest BCUT2D eigenvalue weighted by atomic mass is 10.0. The van der Waals surface area contributed by atoms with Crippen molar-refractivity contribution in [2.75, 3.05) is 31.5 Å². The first-order valence-corrected chi connectivity index (χ1v) is 12.6. The summed E-state index contributed by atoms with van der Waals surface area (Å²) in [6.45, 7) is 5.07. The summed E-state index contributed by atoms with van der Waals surface area (Å²) in [5.41, 5.74) is 18.8. The van der Waals surface area contributed by atoms with Gasteiger partial charge in [0.15, 0.2) is 0 Å². The number of anilines is 1. The first-order valence-electron chi connectivity index (χ1n) is 12.6. The molecule has 0 radical (unpaired) electrons. The second-order valence-corrected chi connectivity index (χ2v) is 9.03. The Morgan fingerprint density at radius 3 is 2.11 bits per heavy atom. The van der Waals surface area contributed by atoms with E-state index in [1.807, 2.05) is 44.2 Å². The normalized spacial score (nSPS) is 12.5. The first kappa shape index (κ1) is 29.8. The minimum Gasteiger partial charge on any atom is -0.491 e. The number of hydrogen-bond acceptors (Lipinski definition) is 7. The largest absolute Gasteiger partial charge is 0.491 e. The van der Waals surface area contributed by atoms with E-state index in [1.54, 1.807) is 24.3 Å². The molecule has 0 bridgehead atoms. The zero-order valence-corrected chi connectivity index (χ0v) is 21.7. The van der Waals surface area contributed by atoms with Crippen molar-refractivity contribution >= 4 is 23.4 Å². The maximum absolute atomic E-state index is 13.2. The van der Waals surface area contributed by atoms with Crippen LogP contribution in [-0.2, 0) is 20.8 Å². The molecule has 0 saturated heterocycles. The van der Waals surface area contributed by atoms with Crippen LogP contribution in [0.3, 0.4) is 0 Å². The number of aryl methyl sites for hydroxylation is 1. The lowest BCUT2D eigenvalue weighted by Crippen LogP contribution is -2.52. The highest BCUT2D eigenvalue weighted by Gasteiger charge is 2.26. The van der Waals surface area contributed by atoms with E-state index in [9.17, 15) is 14.4 Å². The van der Waals surface area contributed by atoms with Crippen LogP contribution in [0.1, 0.15) is 32.3 Å². The van der Waals surface area contributed by atoms with Gasteiger partial charge in [0.05, 0.1) is 18.6 Å². The fourth-order valence-electron chi connectivity index (χ4n) is 3.70. The van der Waals surface area contributed by atoms with Crippen LogP contribution in [0.25, 0.3) is 0 Å². The van der Waals surface area contributed by atoms with E-state index in [-0.39, 0.29) is 37.4 Å². The second kappa shape index (κ2) is 15.6. The Morgan fingerprint density at radius 2 is 1.54 bits per heavy atom. The van der Waals surface area contributed by atoms with Crippen molar-refractivity contribution in [3.63, 3.8) is 0 Å². The Morgan fingerprint density at radius 1 is 0.919 bits per heavy atom. The van der Waals surface area contributed by atoms with Crippen LogP contribution >= 0.6 is 0 Å². The lowest BCUT2D eigenvalue weighted by Gasteiger charge is -2.24. The van der Waals surface area contributed by atoms with Gasteiger partial charge >= 0.3 is 0 Å². The van der Waals surface area contributed by atoms with Crippen LogP contribution in [0.2, 0.25) is 0 Å². The van der Waals surface area contributed by atoms with Crippen molar-refractivity contribution in [2.45, 2.75) is 51.3 Å². The zero-order chi connectivity index (χ0) is 27.2. The Labute approximate surface area is 218 Å². The molecule has 3 amide bonds. The van der Waals surface area contributed by atoms with Crippen molar-refractivity contribution in [3.8, 4) is 5.75 Å². The number of nitrogens with one attached hydrogen (secondary N) is 2. The van der Waals surface area contributed by atoms with Gasteiger partial charge in [-0.3, -0.25) is 14.4 Å². The summed E-state index contributed by atoms with van der Waals surface area (Å²) in [5.74, 6) is -0.584. The fraction of sp³-hybridized carbons (Fsp3) is 0.444. The van der Waals surface area contributed by atoms with Gasteiger partial charge in [0.2, 0.25) is 17.7 Å². The maximum atomic E-state index is 13.2. The molecule has 10 heteroatoms. The number of nitrogens with zero attached hydrogens (tertiary/aromatic N) is 1. The minimum atomic E-state index is -1.12. The highest BCUT2D eigenvalue weighted by Crippen LogP contribution is 2.17. The molecule has 2 aromatic carbocycles. The van der Waals surface area contributed by atoms with E-state index < -0.39 is 18.0 Å². The Kier molecular flexibility index (Phi) is 12.5. The molecule has 0 heterocycles. The van der Waals surface area contributed by atoms with Gasteiger partial charge in [-0.25, -0.2) is 0 Å². The molecule has 202 valence electrons. The molecular weight excluding hydrogens is 472 g/mol. The molecule has 10 nitrogen and oxygen atoms in total. The third-order valence-electron chi connectivity index (χ3n) is 5.57. The first-order chi connectivity index (χ1) is 17.7. The molecule has 37 heavy (non-hydrogen) atoms. The smallest absolute Gasteiger partial charge is 0.246 e. The van der Waals surface area contributed by atoms with Crippen molar-refractivity contribution < 1.29 is 19.1 Å². The SMILES string of the molecule is CC(C)Oc1ccc(NC(=O)[C@H](CCc2ccccc2)NC(=O)[C@@H](N)CC(=O)N(CCN)CCN)cc1. The van der Waals surface area contributed by atoms with E-state index in [0.717, 1.165) is 5.56 Å². The van der Waals surface area contributed by atoms with Gasteiger partial charge in [0, 0.05) is 31.9 Å². The highest BCUT2D eigenvalue weighted by atomic mass is 16.5. The number of carbonyl (C=O) groups is 3. The Hall–Kier alpha value is -3.47. The predicted molar refractivity (Wildman–Crippen MR) is 145 cm³/mol. The molecule has 0 fully saturated rings. The highest BCUT2D eigenvalue weighted by molar-refractivity contribution is 5.98. The molecular formula is C27H40N6O4. The van der Waals surface area contributed by atoms with Crippen molar-refractivity contribution in [1.82, 2.24) is 10.2 Å².